The Kier molecular flexibility index (Phi) is 3.19. The molecule has 0 radical (unpaired) electrons. The number of rotatable bonds is 2. The highest BCUT2D eigenvalue weighted by molar-refractivity contribution is 5.69. The Hall–Kier alpha value is -2.10. The number of aromatic nitrogens is 2. The van der Waals surface area contributed by atoms with E-state index in [1.807, 2.05) is 0 Å². The molecule has 1 aromatic carbocycles. The fraction of sp³-hybridized carbons (Fsp3) is 0.286. The number of nitrogens with zero attached hydrogens (tertiary/aromatic N) is 2. The number of nitrogen functional groups attached to an aromatic ring is 1. The molecule has 0 fully saturated rings. The third-order valence-corrected chi connectivity index (χ3v) is 2.86. The maximum atomic E-state index is 5.70. The van der Waals surface area contributed by atoms with E-state index in [9.17, 15) is 0 Å². The summed E-state index contributed by atoms with van der Waals surface area (Å²) in [4.78, 5) is 8.29. The number of nitrogens with two attached hydrogens (primary N) is 1. The van der Waals surface area contributed by atoms with Gasteiger partial charge in [-0.15, -0.1) is 0 Å². The quantitative estimate of drug-likeness (QED) is 0.880. The third-order valence-electron chi connectivity index (χ3n) is 2.86. The Morgan fingerprint density at radius 3 is 2.17 bits per heavy atom. The molecular formula is C14H17N3O. The van der Waals surface area contributed by atoms with E-state index in [2.05, 4.69) is 42.9 Å². The smallest absolute Gasteiger partial charge is 0.223 e. The average molecular weight is 243 g/mol. The summed E-state index contributed by atoms with van der Waals surface area (Å²) in [5, 5.41) is 0. The molecule has 2 N–H and O–H groups in total. The van der Waals surface area contributed by atoms with E-state index in [0.29, 0.717) is 5.88 Å². The van der Waals surface area contributed by atoms with E-state index in [0.717, 1.165) is 11.3 Å². The SMILES string of the molecule is COc1cc(-c2c(C)cc(C)cc2C)nc(N)n1. The van der Waals surface area contributed by atoms with Crippen LogP contribution < -0.4 is 10.5 Å². The van der Waals surface area contributed by atoms with Crippen molar-refractivity contribution in [3.8, 4) is 17.1 Å². The summed E-state index contributed by atoms with van der Waals surface area (Å²) in [6.45, 7) is 6.22. The van der Waals surface area contributed by atoms with Gasteiger partial charge in [-0.05, 0) is 31.9 Å². The summed E-state index contributed by atoms with van der Waals surface area (Å²) in [6, 6.07) is 6.07. The second-order valence-corrected chi connectivity index (χ2v) is 4.43. The topological polar surface area (TPSA) is 61.0 Å². The summed E-state index contributed by atoms with van der Waals surface area (Å²) in [6.07, 6.45) is 0. The predicted molar refractivity (Wildman–Crippen MR) is 72.6 cm³/mol. The molecule has 0 aliphatic heterocycles. The Morgan fingerprint density at radius 2 is 1.61 bits per heavy atom. The molecular weight excluding hydrogens is 226 g/mol. The van der Waals surface area contributed by atoms with Gasteiger partial charge < -0.3 is 10.5 Å². The molecule has 4 nitrogen and oxygen atoms in total. The predicted octanol–water partition coefficient (Wildman–Crippen LogP) is 2.66. The summed E-state index contributed by atoms with van der Waals surface area (Å²) in [7, 11) is 1.57. The van der Waals surface area contributed by atoms with E-state index in [1.54, 1.807) is 13.2 Å². The molecule has 0 spiro atoms. The first-order valence-electron chi connectivity index (χ1n) is 5.78. The normalized spacial score (nSPS) is 10.4. The largest absolute Gasteiger partial charge is 0.481 e. The average Bonchev–Trinajstić information content (AvgIpc) is 2.26. The number of aryl methyl sites for hydroxylation is 3. The van der Waals surface area contributed by atoms with Crippen molar-refractivity contribution in [2.24, 2.45) is 0 Å². The van der Waals surface area contributed by atoms with E-state index < -0.39 is 0 Å². The minimum atomic E-state index is 0.226. The van der Waals surface area contributed by atoms with Crippen LogP contribution >= 0.6 is 0 Å². The molecule has 1 aromatic heterocycles. The maximum absolute atomic E-state index is 5.70. The first-order valence-corrected chi connectivity index (χ1v) is 5.78. The van der Waals surface area contributed by atoms with Crippen molar-refractivity contribution in [3.05, 3.63) is 34.9 Å². The van der Waals surface area contributed by atoms with E-state index in [1.165, 1.54) is 16.7 Å². The van der Waals surface area contributed by atoms with Gasteiger partial charge in [0.25, 0.3) is 0 Å². The molecule has 2 aromatic rings. The van der Waals surface area contributed by atoms with Gasteiger partial charge in [0.1, 0.15) is 0 Å². The lowest BCUT2D eigenvalue weighted by Crippen LogP contribution is -2.01. The van der Waals surface area contributed by atoms with Gasteiger partial charge >= 0.3 is 0 Å². The zero-order chi connectivity index (χ0) is 13.3. The van der Waals surface area contributed by atoms with Crippen LogP contribution in [0.3, 0.4) is 0 Å². The van der Waals surface area contributed by atoms with Gasteiger partial charge in [0, 0.05) is 11.6 Å². The first-order chi connectivity index (χ1) is 8.51. The lowest BCUT2D eigenvalue weighted by Gasteiger charge is -2.12. The molecule has 0 unspecified atom stereocenters. The van der Waals surface area contributed by atoms with Crippen molar-refractivity contribution in [1.82, 2.24) is 9.97 Å². The van der Waals surface area contributed by atoms with E-state index in [4.69, 9.17) is 10.5 Å². The van der Waals surface area contributed by atoms with Crippen LogP contribution in [0.25, 0.3) is 11.3 Å². The van der Waals surface area contributed by atoms with Gasteiger partial charge in [0.15, 0.2) is 0 Å². The Morgan fingerprint density at radius 1 is 1.00 bits per heavy atom. The standard InChI is InChI=1S/C14H17N3O/c1-8-5-9(2)13(10(3)6-8)11-7-12(18-4)17-14(15)16-11/h5-7H,1-4H3,(H2,15,16,17). The first kappa shape index (κ1) is 12.4. The number of benzene rings is 1. The second kappa shape index (κ2) is 4.64. The number of hydrogen-bond acceptors (Lipinski definition) is 4. The molecule has 0 atom stereocenters. The van der Waals surface area contributed by atoms with Gasteiger partial charge in [-0.1, -0.05) is 17.7 Å². The Balaban J connectivity index is 2.65. The zero-order valence-corrected chi connectivity index (χ0v) is 11.1. The fourth-order valence-corrected chi connectivity index (χ4v) is 2.26. The number of anilines is 1. The zero-order valence-electron chi connectivity index (χ0n) is 11.1. The molecule has 94 valence electrons. The van der Waals surface area contributed by atoms with Crippen LogP contribution in [-0.4, -0.2) is 17.1 Å². The Labute approximate surface area is 107 Å². The van der Waals surface area contributed by atoms with Crippen LogP contribution in [0.1, 0.15) is 16.7 Å². The van der Waals surface area contributed by atoms with Crippen LogP contribution in [0.2, 0.25) is 0 Å². The molecule has 1 heterocycles. The van der Waals surface area contributed by atoms with E-state index in [-0.39, 0.29) is 5.95 Å². The highest BCUT2D eigenvalue weighted by atomic mass is 16.5. The molecule has 0 saturated carbocycles. The maximum Gasteiger partial charge on any atom is 0.223 e. The van der Waals surface area contributed by atoms with Crippen molar-refractivity contribution in [3.63, 3.8) is 0 Å². The molecule has 0 saturated heterocycles. The van der Waals surface area contributed by atoms with Gasteiger partial charge in [-0.3, -0.25) is 0 Å². The summed E-state index contributed by atoms with van der Waals surface area (Å²) in [5.74, 6) is 0.709. The highest BCUT2D eigenvalue weighted by Crippen LogP contribution is 2.29. The van der Waals surface area contributed by atoms with Crippen molar-refractivity contribution in [1.29, 1.82) is 0 Å². The van der Waals surface area contributed by atoms with Crippen LogP contribution in [-0.2, 0) is 0 Å². The highest BCUT2D eigenvalue weighted by Gasteiger charge is 2.11. The Bertz CT molecular complexity index is 571. The molecule has 0 aliphatic carbocycles. The lowest BCUT2D eigenvalue weighted by atomic mass is 9.97. The van der Waals surface area contributed by atoms with Crippen molar-refractivity contribution in [2.75, 3.05) is 12.8 Å². The minimum Gasteiger partial charge on any atom is -0.481 e. The van der Waals surface area contributed by atoms with Gasteiger partial charge in [-0.25, -0.2) is 4.98 Å². The van der Waals surface area contributed by atoms with Crippen molar-refractivity contribution < 1.29 is 4.74 Å². The molecule has 0 amide bonds. The lowest BCUT2D eigenvalue weighted by molar-refractivity contribution is 0.398. The van der Waals surface area contributed by atoms with Crippen molar-refractivity contribution >= 4 is 5.95 Å². The minimum absolute atomic E-state index is 0.226. The summed E-state index contributed by atoms with van der Waals surface area (Å²) in [5.41, 5.74) is 11.2. The molecule has 18 heavy (non-hydrogen) atoms. The summed E-state index contributed by atoms with van der Waals surface area (Å²) >= 11 is 0. The van der Waals surface area contributed by atoms with Crippen LogP contribution in [0.4, 0.5) is 5.95 Å². The van der Waals surface area contributed by atoms with Crippen LogP contribution in [0.15, 0.2) is 18.2 Å². The molecule has 2 rings (SSSR count). The monoisotopic (exact) mass is 243 g/mol. The number of hydrogen-bond donors (Lipinski definition) is 1. The summed E-state index contributed by atoms with van der Waals surface area (Å²) < 4.78 is 5.13. The third kappa shape index (κ3) is 2.27. The van der Waals surface area contributed by atoms with Crippen LogP contribution in [0, 0.1) is 20.8 Å². The second-order valence-electron chi connectivity index (χ2n) is 4.43. The molecule has 4 heteroatoms. The van der Waals surface area contributed by atoms with E-state index >= 15 is 0 Å². The molecule has 0 aliphatic rings. The molecule has 0 bridgehead atoms. The van der Waals surface area contributed by atoms with Crippen LogP contribution in [0.5, 0.6) is 5.88 Å². The fourth-order valence-electron chi connectivity index (χ4n) is 2.26. The van der Waals surface area contributed by atoms with Gasteiger partial charge in [-0.2, -0.15) is 4.98 Å². The van der Waals surface area contributed by atoms with Gasteiger partial charge in [0.05, 0.1) is 12.8 Å². The number of ether oxygens (including phenoxy) is 1. The van der Waals surface area contributed by atoms with Gasteiger partial charge in [0.2, 0.25) is 11.8 Å². The van der Waals surface area contributed by atoms with Crippen molar-refractivity contribution in [2.45, 2.75) is 20.8 Å². The number of methoxy groups -OCH3 is 1.